The van der Waals surface area contributed by atoms with Crippen molar-refractivity contribution in [3.05, 3.63) is 83.7 Å². The lowest BCUT2D eigenvalue weighted by atomic mass is 10.1. The smallest absolute Gasteiger partial charge is 0.325 e. The van der Waals surface area contributed by atoms with Crippen molar-refractivity contribution in [1.82, 2.24) is 5.32 Å². The third-order valence-corrected chi connectivity index (χ3v) is 3.94. The third kappa shape index (κ3) is 4.55. The number of hydrogen-bond donors (Lipinski definition) is 1. The molecule has 6 heteroatoms. The Hall–Kier alpha value is -3.54. The van der Waals surface area contributed by atoms with Crippen LogP contribution in [0.2, 0.25) is 0 Å². The van der Waals surface area contributed by atoms with Crippen LogP contribution < -0.4 is 5.32 Å². The van der Waals surface area contributed by atoms with Gasteiger partial charge in [-0.25, -0.2) is 4.39 Å². The van der Waals surface area contributed by atoms with Gasteiger partial charge in [-0.05, 0) is 35.0 Å². The molecule has 3 aromatic carbocycles. The second-order valence-electron chi connectivity index (χ2n) is 5.81. The van der Waals surface area contributed by atoms with Crippen molar-refractivity contribution in [1.29, 1.82) is 0 Å². The van der Waals surface area contributed by atoms with E-state index in [9.17, 15) is 18.8 Å². The van der Waals surface area contributed by atoms with E-state index in [-0.39, 0.29) is 5.56 Å². The van der Waals surface area contributed by atoms with Gasteiger partial charge in [-0.1, -0.05) is 42.5 Å². The van der Waals surface area contributed by atoms with E-state index in [2.05, 4.69) is 5.32 Å². The SMILES string of the molecule is O=C(CNC(=O)c1ccc2ccccc2c1)OCC(=O)c1ccccc1F. The van der Waals surface area contributed by atoms with Gasteiger partial charge in [0.25, 0.3) is 5.91 Å². The number of hydrogen-bond acceptors (Lipinski definition) is 4. The van der Waals surface area contributed by atoms with E-state index in [0.717, 1.165) is 16.8 Å². The van der Waals surface area contributed by atoms with Gasteiger partial charge in [0.05, 0.1) is 5.56 Å². The molecule has 0 saturated heterocycles. The van der Waals surface area contributed by atoms with Crippen molar-refractivity contribution in [3.8, 4) is 0 Å². The molecule has 0 aromatic heterocycles. The number of carbonyl (C=O) groups excluding carboxylic acids is 3. The zero-order valence-electron chi connectivity index (χ0n) is 14.3. The van der Waals surface area contributed by atoms with Gasteiger partial charge in [-0.3, -0.25) is 14.4 Å². The highest BCUT2D eigenvalue weighted by molar-refractivity contribution is 6.00. The molecule has 0 unspecified atom stereocenters. The molecule has 0 aliphatic heterocycles. The Kier molecular flexibility index (Phi) is 5.56. The maximum absolute atomic E-state index is 13.5. The summed E-state index contributed by atoms with van der Waals surface area (Å²) in [6.45, 7) is -0.984. The molecule has 0 atom stereocenters. The summed E-state index contributed by atoms with van der Waals surface area (Å²) < 4.78 is 18.3. The van der Waals surface area contributed by atoms with Gasteiger partial charge in [-0.15, -0.1) is 0 Å². The molecule has 1 amide bonds. The Balaban J connectivity index is 1.51. The summed E-state index contributed by atoms with van der Waals surface area (Å²) >= 11 is 0. The largest absolute Gasteiger partial charge is 0.456 e. The number of nitrogens with one attached hydrogen (secondary N) is 1. The molecule has 0 aliphatic carbocycles. The van der Waals surface area contributed by atoms with Crippen LogP contribution in [0.3, 0.4) is 0 Å². The Morgan fingerprint density at radius 3 is 2.37 bits per heavy atom. The maximum Gasteiger partial charge on any atom is 0.325 e. The van der Waals surface area contributed by atoms with Crippen LogP contribution in [0.25, 0.3) is 10.8 Å². The van der Waals surface area contributed by atoms with Crippen LogP contribution >= 0.6 is 0 Å². The molecule has 0 heterocycles. The molecule has 0 saturated carbocycles. The van der Waals surface area contributed by atoms with Gasteiger partial charge < -0.3 is 10.1 Å². The maximum atomic E-state index is 13.5. The van der Waals surface area contributed by atoms with Crippen molar-refractivity contribution in [2.75, 3.05) is 13.2 Å². The molecule has 0 fully saturated rings. The Morgan fingerprint density at radius 2 is 1.59 bits per heavy atom. The lowest BCUT2D eigenvalue weighted by Crippen LogP contribution is -2.31. The lowest BCUT2D eigenvalue weighted by molar-refractivity contribution is -0.141. The Morgan fingerprint density at radius 1 is 0.889 bits per heavy atom. The number of esters is 1. The van der Waals surface area contributed by atoms with E-state index in [1.807, 2.05) is 30.3 Å². The Labute approximate surface area is 154 Å². The van der Waals surface area contributed by atoms with E-state index < -0.39 is 36.6 Å². The number of benzene rings is 3. The standard InChI is InChI=1S/C21H16FNO4/c22-18-8-4-3-7-17(18)19(24)13-27-20(25)12-23-21(26)16-10-9-14-5-1-2-6-15(14)11-16/h1-11H,12-13H2,(H,23,26). The fourth-order valence-corrected chi connectivity index (χ4v) is 2.55. The number of fused-ring (bicyclic) bond motifs is 1. The number of halogens is 1. The molecule has 5 nitrogen and oxygen atoms in total. The van der Waals surface area contributed by atoms with Gasteiger partial charge in [-0.2, -0.15) is 0 Å². The zero-order chi connectivity index (χ0) is 19.2. The van der Waals surface area contributed by atoms with Crippen LogP contribution in [0.5, 0.6) is 0 Å². The minimum absolute atomic E-state index is 0.148. The molecular formula is C21H16FNO4. The number of carbonyl (C=O) groups is 3. The molecule has 136 valence electrons. The fraction of sp³-hybridized carbons (Fsp3) is 0.0952. The summed E-state index contributed by atoms with van der Waals surface area (Å²) in [4.78, 5) is 35.7. The van der Waals surface area contributed by atoms with E-state index in [1.165, 1.54) is 18.2 Å². The van der Waals surface area contributed by atoms with Crippen molar-refractivity contribution >= 4 is 28.4 Å². The predicted molar refractivity (Wildman–Crippen MR) is 98.0 cm³/mol. The molecule has 0 radical (unpaired) electrons. The highest BCUT2D eigenvalue weighted by Crippen LogP contribution is 2.15. The van der Waals surface area contributed by atoms with Gasteiger partial charge in [0.1, 0.15) is 12.4 Å². The second kappa shape index (κ2) is 8.23. The lowest BCUT2D eigenvalue weighted by Gasteiger charge is -2.07. The monoisotopic (exact) mass is 365 g/mol. The summed E-state index contributed by atoms with van der Waals surface area (Å²) in [6.07, 6.45) is 0. The topological polar surface area (TPSA) is 72.5 Å². The normalized spacial score (nSPS) is 10.4. The summed E-state index contributed by atoms with van der Waals surface area (Å²) in [5.74, 6) is -2.54. The molecule has 1 N–H and O–H groups in total. The molecule has 3 aromatic rings. The molecule has 0 bridgehead atoms. The quantitative estimate of drug-likeness (QED) is 0.538. The van der Waals surface area contributed by atoms with Gasteiger partial charge >= 0.3 is 5.97 Å². The number of ketones is 1. The molecule has 3 rings (SSSR count). The first-order chi connectivity index (χ1) is 13.0. The Bertz CT molecular complexity index is 1020. The van der Waals surface area contributed by atoms with Gasteiger partial charge in [0.2, 0.25) is 5.78 Å². The van der Waals surface area contributed by atoms with Crippen LogP contribution in [-0.4, -0.2) is 30.8 Å². The van der Waals surface area contributed by atoms with Crippen molar-refractivity contribution < 1.29 is 23.5 Å². The predicted octanol–water partition coefficient (Wildman–Crippen LogP) is 3.13. The van der Waals surface area contributed by atoms with E-state index in [4.69, 9.17) is 4.74 Å². The molecule has 27 heavy (non-hydrogen) atoms. The molecule has 0 aliphatic rings. The average Bonchev–Trinajstić information content (AvgIpc) is 2.70. The number of amides is 1. The second-order valence-corrected chi connectivity index (χ2v) is 5.81. The highest BCUT2D eigenvalue weighted by Gasteiger charge is 2.14. The first-order valence-corrected chi connectivity index (χ1v) is 8.25. The van der Waals surface area contributed by atoms with E-state index in [1.54, 1.807) is 12.1 Å². The molecule has 0 spiro atoms. The van der Waals surface area contributed by atoms with Crippen LogP contribution in [0, 0.1) is 5.82 Å². The van der Waals surface area contributed by atoms with Crippen molar-refractivity contribution in [2.24, 2.45) is 0 Å². The van der Waals surface area contributed by atoms with Gasteiger partial charge in [0.15, 0.2) is 6.61 Å². The number of rotatable bonds is 6. The van der Waals surface area contributed by atoms with Crippen molar-refractivity contribution in [2.45, 2.75) is 0 Å². The minimum Gasteiger partial charge on any atom is -0.456 e. The van der Waals surface area contributed by atoms with E-state index in [0.29, 0.717) is 5.56 Å². The zero-order valence-corrected chi connectivity index (χ0v) is 14.3. The van der Waals surface area contributed by atoms with Crippen LogP contribution in [0.15, 0.2) is 66.7 Å². The number of ether oxygens (including phenoxy) is 1. The summed E-state index contributed by atoms with van der Waals surface area (Å²) in [5, 5.41) is 4.35. The summed E-state index contributed by atoms with van der Waals surface area (Å²) in [5.41, 5.74) is 0.259. The van der Waals surface area contributed by atoms with E-state index >= 15 is 0 Å². The van der Waals surface area contributed by atoms with Crippen LogP contribution in [0.4, 0.5) is 4.39 Å². The first kappa shape index (κ1) is 18.3. The summed E-state index contributed by atoms with van der Waals surface area (Å²) in [7, 11) is 0. The highest BCUT2D eigenvalue weighted by atomic mass is 19.1. The third-order valence-electron chi connectivity index (χ3n) is 3.94. The number of Topliss-reactive ketones (excluding diaryl/α,β-unsaturated/α-hetero) is 1. The summed E-state index contributed by atoms with van der Waals surface area (Å²) in [6, 6.07) is 18.2. The fourth-order valence-electron chi connectivity index (χ4n) is 2.55. The van der Waals surface area contributed by atoms with Gasteiger partial charge in [0, 0.05) is 5.56 Å². The van der Waals surface area contributed by atoms with Crippen molar-refractivity contribution in [3.63, 3.8) is 0 Å². The molecular weight excluding hydrogens is 349 g/mol. The average molecular weight is 365 g/mol. The minimum atomic E-state index is -0.783. The van der Waals surface area contributed by atoms with Crippen LogP contribution in [0.1, 0.15) is 20.7 Å². The van der Waals surface area contributed by atoms with Crippen LogP contribution in [-0.2, 0) is 9.53 Å². The first-order valence-electron chi connectivity index (χ1n) is 8.25.